The SMILES string of the molecule is c1ccc(-c2ccc(N(c3ccc(-c4cccc5ccccc45)cc3)c3ccc4c(c3)C3(c5ccccc5-c5ccccc53)c3cc(C5(c6ccccc6)c6ccccc6-c6ccccc65)ccc3-4)cc2)cc1. The Balaban J connectivity index is 0.966. The minimum Gasteiger partial charge on any atom is -0.310 e. The zero-order valence-electron chi connectivity index (χ0n) is 40.1. The zero-order chi connectivity index (χ0) is 48.1. The summed E-state index contributed by atoms with van der Waals surface area (Å²) in [4.78, 5) is 2.45. The van der Waals surface area contributed by atoms with E-state index in [9.17, 15) is 0 Å². The molecule has 1 heteroatoms. The number of nitrogens with zero attached hydrogens (tertiary/aromatic N) is 1. The molecule has 1 nitrogen and oxygen atoms in total. The van der Waals surface area contributed by atoms with Gasteiger partial charge < -0.3 is 4.90 Å². The van der Waals surface area contributed by atoms with Crippen LogP contribution in [0.5, 0.6) is 0 Å². The van der Waals surface area contributed by atoms with Crippen LogP contribution in [0, 0.1) is 0 Å². The third kappa shape index (κ3) is 5.91. The van der Waals surface area contributed by atoms with Crippen molar-refractivity contribution in [3.8, 4) is 55.6 Å². The van der Waals surface area contributed by atoms with Gasteiger partial charge in [-0.3, -0.25) is 0 Å². The molecular weight excluding hydrogens is 879 g/mol. The molecule has 0 fully saturated rings. The summed E-state index contributed by atoms with van der Waals surface area (Å²) in [6, 6.07) is 107. The molecule has 1 spiro atoms. The molecule has 0 aromatic heterocycles. The molecule has 0 aliphatic heterocycles. The first kappa shape index (κ1) is 41.5. The topological polar surface area (TPSA) is 3.24 Å². The average Bonchev–Trinajstić information content (AvgIpc) is 4.06. The van der Waals surface area contributed by atoms with Gasteiger partial charge in [-0.15, -0.1) is 0 Å². The molecule has 0 saturated heterocycles. The normalized spacial score (nSPS) is 13.7. The van der Waals surface area contributed by atoms with Gasteiger partial charge in [-0.05, 0) is 147 Å². The van der Waals surface area contributed by atoms with Crippen molar-refractivity contribution in [3.63, 3.8) is 0 Å². The zero-order valence-corrected chi connectivity index (χ0v) is 40.1. The van der Waals surface area contributed by atoms with E-state index in [4.69, 9.17) is 0 Å². The molecule has 0 heterocycles. The van der Waals surface area contributed by atoms with E-state index in [0.717, 1.165) is 17.1 Å². The smallest absolute Gasteiger partial charge is 0.0726 e. The van der Waals surface area contributed by atoms with Crippen molar-refractivity contribution in [2.75, 3.05) is 4.90 Å². The van der Waals surface area contributed by atoms with Crippen LogP contribution in [0.2, 0.25) is 0 Å². The van der Waals surface area contributed by atoms with E-state index < -0.39 is 10.8 Å². The fraction of sp³-hybridized carbons (Fsp3) is 0.0278. The Hall–Kier alpha value is -9.30. The number of anilines is 3. The van der Waals surface area contributed by atoms with Crippen LogP contribution in [0.15, 0.2) is 285 Å². The van der Waals surface area contributed by atoms with Crippen molar-refractivity contribution in [1.82, 2.24) is 0 Å². The Labute approximate surface area is 426 Å². The van der Waals surface area contributed by atoms with Crippen LogP contribution in [0.1, 0.15) is 44.5 Å². The average molecular weight is 926 g/mol. The van der Waals surface area contributed by atoms with Gasteiger partial charge in [-0.2, -0.15) is 0 Å². The highest BCUT2D eigenvalue weighted by molar-refractivity contribution is 5.99. The molecular formula is C72H47N. The summed E-state index contributed by atoms with van der Waals surface area (Å²) in [6.07, 6.45) is 0. The maximum absolute atomic E-state index is 2.60. The Bertz CT molecular complexity index is 4030. The summed E-state index contributed by atoms with van der Waals surface area (Å²) >= 11 is 0. The van der Waals surface area contributed by atoms with Gasteiger partial charge in [0.2, 0.25) is 0 Å². The van der Waals surface area contributed by atoms with Crippen LogP contribution in [0.4, 0.5) is 17.1 Å². The van der Waals surface area contributed by atoms with E-state index in [2.05, 4.69) is 290 Å². The van der Waals surface area contributed by atoms with Crippen LogP contribution in [0.3, 0.4) is 0 Å². The fourth-order valence-corrected chi connectivity index (χ4v) is 13.4. The van der Waals surface area contributed by atoms with Gasteiger partial charge in [0, 0.05) is 17.1 Å². The number of hydrogen-bond acceptors (Lipinski definition) is 1. The van der Waals surface area contributed by atoms with E-state index in [1.807, 2.05) is 0 Å². The Morgan fingerprint density at radius 3 is 1.23 bits per heavy atom. The van der Waals surface area contributed by atoms with Crippen molar-refractivity contribution >= 4 is 27.8 Å². The number of fused-ring (bicyclic) bond motifs is 14. The molecule has 0 saturated carbocycles. The minimum atomic E-state index is -0.597. The molecule has 73 heavy (non-hydrogen) atoms. The summed E-state index contributed by atoms with van der Waals surface area (Å²) in [7, 11) is 0. The molecule has 12 aromatic carbocycles. The largest absolute Gasteiger partial charge is 0.310 e. The fourth-order valence-electron chi connectivity index (χ4n) is 13.4. The second kappa shape index (κ2) is 16.1. The lowest BCUT2D eigenvalue weighted by atomic mass is 9.65. The summed E-state index contributed by atoms with van der Waals surface area (Å²) in [5.41, 5.74) is 25.2. The lowest BCUT2D eigenvalue weighted by Gasteiger charge is -2.36. The van der Waals surface area contributed by atoms with Crippen molar-refractivity contribution < 1.29 is 0 Å². The van der Waals surface area contributed by atoms with Gasteiger partial charge in [0.05, 0.1) is 10.8 Å². The monoisotopic (exact) mass is 925 g/mol. The first-order valence-electron chi connectivity index (χ1n) is 25.5. The van der Waals surface area contributed by atoms with E-state index in [1.54, 1.807) is 0 Å². The third-order valence-corrected chi connectivity index (χ3v) is 16.4. The number of hydrogen-bond donors (Lipinski definition) is 0. The predicted molar refractivity (Wildman–Crippen MR) is 303 cm³/mol. The molecule has 3 aliphatic carbocycles. The second-order valence-corrected chi connectivity index (χ2v) is 19.9. The van der Waals surface area contributed by atoms with E-state index in [1.165, 1.54) is 111 Å². The number of benzene rings is 12. The molecule has 0 atom stereocenters. The van der Waals surface area contributed by atoms with Crippen LogP contribution in [0.25, 0.3) is 66.4 Å². The Morgan fingerprint density at radius 1 is 0.219 bits per heavy atom. The molecule has 0 unspecified atom stereocenters. The quantitative estimate of drug-likeness (QED) is 0.154. The summed E-state index contributed by atoms with van der Waals surface area (Å²) < 4.78 is 0. The molecule has 15 rings (SSSR count). The number of rotatable bonds is 7. The summed E-state index contributed by atoms with van der Waals surface area (Å²) in [5, 5.41) is 2.50. The minimum absolute atomic E-state index is 0.539. The highest BCUT2D eigenvalue weighted by atomic mass is 15.1. The Morgan fingerprint density at radius 2 is 0.630 bits per heavy atom. The molecule has 0 N–H and O–H groups in total. The second-order valence-electron chi connectivity index (χ2n) is 19.9. The van der Waals surface area contributed by atoms with Crippen molar-refractivity contribution in [1.29, 1.82) is 0 Å². The summed E-state index contributed by atoms with van der Waals surface area (Å²) in [6.45, 7) is 0. The van der Waals surface area contributed by atoms with Crippen molar-refractivity contribution in [3.05, 3.63) is 330 Å². The van der Waals surface area contributed by atoms with E-state index in [-0.39, 0.29) is 0 Å². The Kier molecular flexibility index (Phi) is 9.16. The van der Waals surface area contributed by atoms with Crippen LogP contribution < -0.4 is 4.90 Å². The highest BCUT2D eigenvalue weighted by Gasteiger charge is 2.53. The lowest BCUT2D eigenvalue weighted by molar-refractivity contribution is 0.751. The molecule has 340 valence electrons. The molecule has 0 amide bonds. The third-order valence-electron chi connectivity index (χ3n) is 16.4. The van der Waals surface area contributed by atoms with Crippen LogP contribution in [-0.4, -0.2) is 0 Å². The first-order valence-corrected chi connectivity index (χ1v) is 25.5. The van der Waals surface area contributed by atoms with Gasteiger partial charge in [0.15, 0.2) is 0 Å². The van der Waals surface area contributed by atoms with Crippen LogP contribution in [-0.2, 0) is 10.8 Å². The van der Waals surface area contributed by atoms with Gasteiger partial charge >= 0.3 is 0 Å². The molecule has 0 bridgehead atoms. The molecule has 0 radical (unpaired) electrons. The van der Waals surface area contributed by atoms with E-state index >= 15 is 0 Å². The standard InChI is InChI=1S/C72H47N/c1-3-18-48(19-4-1)49-34-39-54(40-35-49)73(55-41-36-51(37-42-55)58-29-17-21-50-20-7-8-24-57(50)58)56-43-45-64-63-44-38-53(46-69(63)72(70(64)47-56)67-32-15-11-27-61(67)62-28-12-16-33-68(62)72)71(52-22-5-2-6-23-52)65-30-13-9-25-59(65)60-26-10-14-31-66(60)71/h1-47H. The van der Waals surface area contributed by atoms with Gasteiger partial charge in [-0.1, -0.05) is 249 Å². The van der Waals surface area contributed by atoms with Crippen LogP contribution >= 0.6 is 0 Å². The van der Waals surface area contributed by atoms with Gasteiger partial charge in [0.1, 0.15) is 0 Å². The van der Waals surface area contributed by atoms with Crippen molar-refractivity contribution in [2.24, 2.45) is 0 Å². The van der Waals surface area contributed by atoms with Gasteiger partial charge in [0.25, 0.3) is 0 Å². The molecule has 3 aliphatic rings. The molecule has 12 aromatic rings. The first-order chi connectivity index (χ1) is 36.2. The predicted octanol–water partition coefficient (Wildman–Crippen LogP) is 18.4. The van der Waals surface area contributed by atoms with Gasteiger partial charge in [-0.25, -0.2) is 0 Å². The van der Waals surface area contributed by atoms with Crippen molar-refractivity contribution in [2.45, 2.75) is 10.8 Å². The highest BCUT2D eigenvalue weighted by Crippen LogP contribution is 2.65. The maximum Gasteiger partial charge on any atom is 0.0726 e. The lowest BCUT2D eigenvalue weighted by Crippen LogP contribution is -2.30. The summed E-state index contributed by atoms with van der Waals surface area (Å²) in [5.74, 6) is 0. The maximum atomic E-state index is 2.60. The van der Waals surface area contributed by atoms with E-state index in [0.29, 0.717) is 0 Å².